The first kappa shape index (κ1) is 13.6. The maximum absolute atomic E-state index is 11.0. The van der Waals surface area contributed by atoms with E-state index in [1.54, 1.807) is 12.1 Å². The Morgan fingerprint density at radius 3 is 2.17 bits per heavy atom. The molecule has 0 atom stereocenters. The molecule has 0 spiro atoms. The van der Waals surface area contributed by atoms with Gasteiger partial charge in [-0.1, -0.05) is 46.4 Å². The van der Waals surface area contributed by atoms with Crippen LogP contribution in [0, 0.1) is 0 Å². The summed E-state index contributed by atoms with van der Waals surface area (Å²) in [4.78, 5) is 15.1. The number of benzene rings is 1. The zero-order valence-corrected chi connectivity index (χ0v) is 11.8. The molecule has 0 unspecified atom stereocenters. The fourth-order valence-corrected chi connectivity index (χ4v) is 2.24. The van der Waals surface area contributed by atoms with E-state index in [0.29, 0.717) is 38.2 Å². The highest BCUT2D eigenvalue weighted by Crippen LogP contribution is 2.35. The third-order valence-electron chi connectivity index (χ3n) is 2.27. The highest BCUT2D eigenvalue weighted by Gasteiger charge is 2.12. The first-order valence-corrected chi connectivity index (χ1v) is 6.29. The summed E-state index contributed by atoms with van der Waals surface area (Å²) in [6, 6.07) is 4.71. The summed E-state index contributed by atoms with van der Waals surface area (Å²) in [5, 5.41) is 1.25. The van der Waals surface area contributed by atoms with Gasteiger partial charge in [0.15, 0.2) is 6.29 Å². The fourth-order valence-electron chi connectivity index (χ4n) is 1.48. The third-order valence-corrected chi connectivity index (χ3v) is 3.67. The Balaban J connectivity index is 2.65. The number of halogens is 4. The lowest BCUT2D eigenvalue weighted by Crippen LogP contribution is -1.92. The Morgan fingerprint density at radius 1 is 1.00 bits per heavy atom. The Morgan fingerprint density at radius 2 is 1.61 bits per heavy atom. The molecule has 1 heterocycles. The predicted octanol–water partition coefficient (Wildman–Crippen LogP) is 5.17. The van der Waals surface area contributed by atoms with Crippen LogP contribution in [-0.2, 0) is 0 Å². The number of hydrogen-bond donors (Lipinski definition) is 0. The molecule has 6 heteroatoms. The number of nitrogens with zero attached hydrogens (tertiary/aromatic N) is 1. The molecule has 0 N–H and O–H groups in total. The van der Waals surface area contributed by atoms with Crippen molar-refractivity contribution < 1.29 is 4.79 Å². The molecule has 1 aromatic carbocycles. The molecule has 0 saturated carbocycles. The first-order chi connectivity index (χ1) is 8.52. The number of aldehydes is 1. The number of carbonyl (C=O) groups excluding carboxylic acids is 1. The molecule has 0 radical (unpaired) electrons. The van der Waals surface area contributed by atoms with Crippen LogP contribution in [0.15, 0.2) is 24.4 Å². The normalized spacial score (nSPS) is 10.4. The average Bonchev–Trinajstić information content (AvgIpc) is 2.35. The molecular formula is C12H5Cl4NO. The molecule has 18 heavy (non-hydrogen) atoms. The van der Waals surface area contributed by atoms with Gasteiger partial charge in [0.1, 0.15) is 0 Å². The summed E-state index contributed by atoms with van der Waals surface area (Å²) in [6.45, 7) is 0. The van der Waals surface area contributed by atoms with Crippen LogP contribution < -0.4 is 0 Å². The third kappa shape index (κ3) is 2.62. The van der Waals surface area contributed by atoms with E-state index in [1.165, 1.54) is 12.3 Å². The molecule has 0 saturated heterocycles. The van der Waals surface area contributed by atoms with E-state index in [1.807, 2.05) is 0 Å². The molecule has 0 amide bonds. The van der Waals surface area contributed by atoms with Crippen LogP contribution in [0.2, 0.25) is 20.1 Å². The predicted molar refractivity (Wildman–Crippen MR) is 75.1 cm³/mol. The van der Waals surface area contributed by atoms with E-state index >= 15 is 0 Å². The van der Waals surface area contributed by atoms with Crippen LogP contribution in [0.5, 0.6) is 0 Å². The second kappa shape index (κ2) is 5.45. The maximum atomic E-state index is 11.0. The Kier molecular flexibility index (Phi) is 4.13. The van der Waals surface area contributed by atoms with Gasteiger partial charge in [0.25, 0.3) is 0 Å². The molecule has 0 bridgehead atoms. The van der Waals surface area contributed by atoms with Crippen molar-refractivity contribution in [3.63, 3.8) is 0 Å². The fraction of sp³-hybridized carbons (Fsp3) is 0. The van der Waals surface area contributed by atoms with Crippen molar-refractivity contribution in [3.8, 4) is 11.3 Å². The lowest BCUT2D eigenvalue weighted by molar-refractivity contribution is 0.112. The minimum atomic E-state index is 0.267. The number of hydrogen-bond acceptors (Lipinski definition) is 2. The van der Waals surface area contributed by atoms with Gasteiger partial charge in [-0.3, -0.25) is 9.78 Å². The number of aromatic nitrogens is 1. The van der Waals surface area contributed by atoms with Crippen LogP contribution in [0.4, 0.5) is 0 Å². The van der Waals surface area contributed by atoms with Gasteiger partial charge >= 0.3 is 0 Å². The quantitative estimate of drug-likeness (QED) is 0.564. The monoisotopic (exact) mass is 319 g/mol. The molecule has 92 valence electrons. The lowest BCUT2D eigenvalue weighted by atomic mass is 10.1. The van der Waals surface area contributed by atoms with E-state index in [2.05, 4.69) is 4.98 Å². The van der Waals surface area contributed by atoms with Crippen molar-refractivity contribution in [2.75, 3.05) is 0 Å². The first-order valence-electron chi connectivity index (χ1n) is 4.78. The Hall–Kier alpha value is -0.800. The van der Waals surface area contributed by atoms with E-state index in [9.17, 15) is 4.79 Å². The highest BCUT2D eigenvalue weighted by molar-refractivity contribution is 6.48. The molecule has 2 nitrogen and oxygen atoms in total. The summed E-state index contributed by atoms with van der Waals surface area (Å²) in [7, 11) is 0. The summed E-state index contributed by atoms with van der Waals surface area (Å²) in [5.41, 5.74) is 1.42. The molecule has 0 fully saturated rings. The Labute approximate surface area is 123 Å². The molecule has 2 aromatic rings. The van der Waals surface area contributed by atoms with Gasteiger partial charge in [0, 0.05) is 17.3 Å². The molecule has 0 aliphatic heterocycles. The van der Waals surface area contributed by atoms with Crippen molar-refractivity contribution in [1.29, 1.82) is 0 Å². The average molecular weight is 321 g/mol. The standard InChI is InChI=1S/C12H5Cl4NO/c13-8-1-7(5-18)12(17-4-8)6-2-9(14)11(16)10(15)3-6/h1-5H. The van der Waals surface area contributed by atoms with Gasteiger partial charge in [-0.25, -0.2) is 0 Å². The molecule has 2 rings (SSSR count). The second-order valence-electron chi connectivity index (χ2n) is 3.46. The molecule has 0 aliphatic carbocycles. The number of rotatable bonds is 2. The van der Waals surface area contributed by atoms with E-state index in [0.717, 1.165) is 0 Å². The zero-order chi connectivity index (χ0) is 13.3. The van der Waals surface area contributed by atoms with E-state index < -0.39 is 0 Å². The summed E-state index contributed by atoms with van der Waals surface area (Å²) < 4.78 is 0. The molecule has 0 aliphatic rings. The lowest BCUT2D eigenvalue weighted by Gasteiger charge is -2.07. The van der Waals surface area contributed by atoms with Crippen molar-refractivity contribution in [2.24, 2.45) is 0 Å². The van der Waals surface area contributed by atoms with Gasteiger partial charge in [-0.05, 0) is 18.2 Å². The van der Waals surface area contributed by atoms with Crippen LogP contribution in [0.3, 0.4) is 0 Å². The maximum Gasteiger partial charge on any atom is 0.152 e. The van der Waals surface area contributed by atoms with Gasteiger partial charge in [0.05, 0.1) is 25.8 Å². The van der Waals surface area contributed by atoms with Crippen molar-refractivity contribution in [1.82, 2.24) is 4.98 Å². The number of carbonyl (C=O) groups is 1. The summed E-state index contributed by atoms with van der Waals surface area (Å²) >= 11 is 23.5. The largest absolute Gasteiger partial charge is 0.298 e. The molecule has 1 aromatic heterocycles. The van der Waals surface area contributed by atoms with Crippen LogP contribution in [0.25, 0.3) is 11.3 Å². The SMILES string of the molecule is O=Cc1cc(Cl)cnc1-c1cc(Cl)c(Cl)c(Cl)c1. The zero-order valence-electron chi connectivity index (χ0n) is 8.75. The van der Waals surface area contributed by atoms with Gasteiger partial charge < -0.3 is 0 Å². The minimum absolute atomic E-state index is 0.267. The Bertz CT molecular complexity index is 604. The van der Waals surface area contributed by atoms with Gasteiger partial charge in [-0.2, -0.15) is 0 Å². The van der Waals surface area contributed by atoms with Gasteiger partial charge in [0.2, 0.25) is 0 Å². The van der Waals surface area contributed by atoms with E-state index in [-0.39, 0.29) is 5.02 Å². The minimum Gasteiger partial charge on any atom is -0.298 e. The summed E-state index contributed by atoms with van der Waals surface area (Å²) in [6.07, 6.45) is 2.12. The topological polar surface area (TPSA) is 30.0 Å². The second-order valence-corrected chi connectivity index (χ2v) is 5.09. The van der Waals surface area contributed by atoms with Crippen molar-refractivity contribution >= 4 is 52.7 Å². The van der Waals surface area contributed by atoms with E-state index in [4.69, 9.17) is 46.4 Å². The van der Waals surface area contributed by atoms with Crippen molar-refractivity contribution in [2.45, 2.75) is 0 Å². The smallest absolute Gasteiger partial charge is 0.152 e. The van der Waals surface area contributed by atoms with Crippen LogP contribution >= 0.6 is 46.4 Å². The van der Waals surface area contributed by atoms with Crippen LogP contribution in [-0.4, -0.2) is 11.3 Å². The van der Waals surface area contributed by atoms with Crippen LogP contribution in [0.1, 0.15) is 10.4 Å². The highest BCUT2D eigenvalue weighted by atomic mass is 35.5. The van der Waals surface area contributed by atoms with Gasteiger partial charge in [-0.15, -0.1) is 0 Å². The van der Waals surface area contributed by atoms with Crippen molar-refractivity contribution in [3.05, 3.63) is 50.0 Å². The molecular weight excluding hydrogens is 316 g/mol. The number of pyridine rings is 1. The summed E-state index contributed by atoms with van der Waals surface area (Å²) in [5.74, 6) is 0.